The fourth-order valence-corrected chi connectivity index (χ4v) is 2.18. The van der Waals surface area contributed by atoms with Gasteiger partial charge in [-0.15, -0.1) is 0 Å². The molecule has 0 aliphatic rings. The van der Waals surface area contributed by atoms with E-state index < -0.39 is 0 Å². The van der Waals surface area contributed by atoms with Crippen molar-refractivity contribution in [2.45, 2.75) is 32.4 Å². The summed E-state index contributed by atoms with van der Waals surface area (Å²) in [5, 5.41) is 0. The minimum atomic E-state index is -0.289. The summed E-state index contributed by atoms with van der Waals surface area (Å²) in [7, 11) is 0. The highest BCUT2D eigenvalue weighted by atomic mass is 19.1. The van der Waals surface area contributed by atoms with Gasteiger partial charge < -0.3 is 10.5 Å². The second-order valence-corrected chi connectivity index (χ2v) is 4.91. The van der Waals surface area contributed by atoms with E-state index in [0.717, 1.165) is 23.3 Å². The molecule has 2 rings (SSSR count). The Morgan fingerprint density at radius 1 is 1.10 bits per heavy atom. The minimum absolute atomic E-state index is 0.189. The average molecular weight is 273 g/mol. The number of para-hydroxylation sites is 1. The molecule has 2 aromatic carbocycles. The quantitative estimate of drug-likeness (QED) is 0.898. The van der Waals surface area contributed by atoms with Gasteiger partial charge in [-0.3, -0.25) is 0 Å². The molecule has 0 bridgehead atoms. The molecule has 3 heteroatoms. The lowest BCUT2D eigenvalue weighted by atomic mass is 10.0. The summed E-state index contributed by atoms with van der Waals surface area (Å²) in [6, 6.07) is 14.0. The molecule has 0 aliphatic carbocycles. The van der Waals surface area contributed by atoms with E-state index in [0.29, 0.717) is 0 Å². The van der Waals surface area contributed by atoms with Crippen molar-refractivity contribution in [2.24, 2.45) is 5.73 Å². The van der Waals surface area contributed by atoms with Crippen LogP contribution in [0.5, 0.6) is 5.75 Å². The number of hydrogen-bond acceptors (Lipinski definition) is 2. The maximum absolute atomic E-state index is 13.0. The van der Waals surface area contributed by atoms with Crippen LogP contribution in [0.4, 0.5) is 4.39 Å². The van der Waals surface area contributed by atoms with Crippen molar-refractivity contribution in [1.29, 1.82) is 0 Å². The number of hydrogen-bond donors (Lipinski definition) is 1. The third-order valence-electron chi connectivity index (χ3n) is 3.28. The van der Waals surface area contributed by atoms with Gasteiger partial charge in [-0.05, 0) is 42.7 Å². The number of aryl methyl sites for hydroxylation is 1. The molecule has 0 radical (unpaired) electrons. The molecule has 106 valence electrons. The Hall–Kier alpha value is -1.87. The van der Waals surface area contributed by atoms with Crippen molar-refractivity contribution in [1.82, 2.24) is 0 Å². The number of benzene rings is 2. The lowest BCUT2D eigenvalue weighted by Crippen LogP contribution is -2.29. The van der Waals surface area contributed by atoms with Crippen molar-refractivity contribution in [3.05, 3.63) is 65.5 Å². The molecule has 2 N–H and O–H groups in total. The van der Waals surface area contributed by atoms with Crippen LogP contribution in [0.15, 0.2) is 48.5 Å². The van der Waals surface area contributed by atoms with Crippen molar-refractivity contribution in [3.8, 4) is 5.75 Å². The van der Waals surface area contributed by atoms with E-state index in [9.17, 15) is 4.39 Å². The van der Waals surface area contributed by atoms with E-state index in [2.05, 4.69) is 6.92 Å². The molecule has 0 amide bonds. The molecule has 20 heavy (non-hydrogen) atoms. The molecular weight excluding hydrogens is 253 g/mol. The molecule has 0 spiro atoms. The lowest BCUT2D eigenvalue weighted by molar-refractivity contribution is 0.178. The first kappa shape index (κ1) is 14.5. The number of halogens is 1. The Morgan fingerprint density at radius 2 is 1.75 bits per heavy atom. The Labute approximate surface area is 119 Å². The molecule has 2 aromatic rings. The topological polar surface area (TPSA) is 35.2 Å². The van der Waals surface area contributed by atoms with Gasteiger partial charge in [-0.25, -0.2) is 4.39 Å². The molecule has 2 nitrogen and oxygen atoms in total. The molecule has 2 atom stereocenters. The maximum atomic E-state index is 13.0. The average Bonchev–Trinajstić information content (AvgIpc) is 2.46. The predicted molar refractivity (Wildman–Crippen MR) is 79.2 cm³/mol. The first-order valence-corrected chi connectivity index (χ1v) is 6.87. The van der Waals surface area contributed by atoms with Gasteiger partial charge >= 0.3 is 0 Å². The van der Waals surface area contributed by atoms with Crippen LogP contribution in [0.25, 0.3) is 0 Å². The Balaban J connectivity index is 2.28. The van der Waals surface area contributed by atoms with Gasteiger partial charge in [0.15, 0.2) is 0 Å². The molecule has 0 fully saturated rings. The van der Waals surface area contributed by atoms with Crippen LogP contribution >= 0.6 is 0 Å². The zero-order chi connectivity index (χ0) is 14.5. The van der Waals surface area contributed by atoms with Gasteiger partial charge in [0.2, 0.25) is 0 Å². The highest BCUT2D eigenvalue weighted by Gasteiger charge is 2.19. The van der Waals surface area contributed by atoms with Gasteiger partial charge in [0.1, 0.15) is 17.7 Å². The zero-order valence-electron chi connectivity index (χ0n) is 11.8. The highest BCUT2D eigenvalue weighted by molar-refractivity contribution is 5.34. The van der Waals surface area contributed by atoms with Crippen LogP contribution in [0.1, 0.15) is 31.1 Å². The third-order valence-corrected chi connectivity index (χ3v) is 3.28. The molecule has 0 saturated heterocycles. The van der Waals surface area contributed by atoms with Gasteiger partial charge in [-0.2, -0.15) is 0 Å². The SMILES string of the molecule is CCc1ccccc1OC(c1ccc(F)cc1)C(C)N. The zero-order valence-corrected chi connectivity index (χ0v) is 11.8. The van der Waals surface area contributed by atoms with E-state index in [1.165, 1.54) is 12.1 Å². The number of nitrogens with two attached hydrogens (primary N) is 1. The van der Waals surface area contributed by atoms with Gasteiger partial charge in [0.05, 0.1) is 0 Å². The summed E-state index contributed by atoms with van der Waals surface area (Å²) in [5.74, 6) is 0.577. The first-order chi connectivity index (χ1) is 9.61. The summed E-state index contributed by atoms with van der Waals surface area (Å²) >= 11 is 0. The van der Waals surface area contributed by atoms with E-state index in [4.69, 9.17) is 10.5 Å². The summed E-state index contributed by atoms with van der Waals surface area (Å²) < 4.78 is 19.1. The molecule has 0 saturated carbocycles. The van der Waals surface area contributed by atoms with Crippen molar-refractivity contribution in [3.63, 3.8) is 0 Å². The van der Waals surface area contributed by atoms with Crippen LogP contribution in [-0.2, 0) is 6.42 Å². The third kappa shape index (κ3) is 3.36. The Morgan fingerprint density at radius 3 is 2.35 bits per heavy atom. The van der Waals surface area contributed by atoms with E-state index in [1.807, 2.05) is 31.2 Å². The Kier molecular flexibility index (Phi) is 4.74. The van der Waals surface area contributed by atoms with Crippen LogP contribution < -0.4 is 10.5 Å². The van der Waals surface area contributed by atoms with Crippen molar-refractivity contribution >= 4 is 0 Å². The monoisotopic (exact) mass is 273 g/mol. The van der Waals surface area contributed by atoms with Crippen LogP contribution in [0, 0.1) is 5.82 Å². The Bertz CT molecular complexity index is 551. The van der Waals surface area contributed by atoms with Crippen LogP contribution in [0.3, 0.4) is 0 Å². The molecule has 0 aliphatic heterocycles. The summed E-state index contributed by atoms with van der Waals surface area (Å²) in [6.07, 6.45) is 0.605. The smallest absolute Gasteiger partial charge is 0.138 e. The van der Waals surface area contributed by atoms with Gasteiger partial charge in [0.25, 0.3) is 0 Å². The van der Waals surface area contributed by atoms with Crippen molar-refractivity contribution < 1.29 is 9.13 Å². The summed E-state index contributed by atoms with van der Waals surface area (Å²) in [6.45, 7) is 3.98. The van der Waals surface area contributed by atoms with Gasteiger partial charge in [-0.1, -0.05) is 37.3 Å². The lowest BCUT2D eigenvalue weighted by Gasteiger charge is -2.24. The largest absolute Gasteiger partial charge is 0.484 e. The van der Waals surface area contributed by atoms with Crippen LogP contribution in [-0.4, -0.2) is 6.04 Å². The van der Waals surface area contributed by atoms with E-state index in [-0.39, 0.29) is 18.0 Å². The minimum Gasteiger partial charge on any atom is -0.484 e. The summed E-state index contributed by atoms with van der Waals surface area (Å²) in [5.41, 5.74) is 8.05. The standard InChI is InChI=1S/C17H20FNO/c1-3-13-6-4-5-7-16(13)20-17(12(2)19)14-8-10-15(18)11-9-14/h4-12,17H,3,19H2,1-2H3. The predicted octanol–water partition coefficient (Wildman–Crippen LogP) is 3.86. The molecular formula is C17H20FNO. The maximum Gasteiger partial charge on any atom is 0.138 e. The number of rotatable bonds is 5. The second-order valence-electron chi connectivity index (χ2n) is 4.91. The van der Waals surface area contributed by atoms with E-state index >= 15 is 0 Å². The fraction of sp³-hybridized carbons (Fsp3) is 0.294. The molecule has 2 unspecified atom stereocenters. The normalized spacial score (nSPS) is 13.8. The highest BCUT2D eigenvalue weighted by Crippen LogP contribution is 2.27. The van der Waals surface area contributed by atoms with Crippen molar-refractivity contribution in [2.75, 3.05) is 0 Å². The second kappa shape index (κ2) is 6.53. The van der Waals surface area contributed by atoms with Gasteiger partial charge in [0, 0.05) is 6.04 Å². The van der Waals surface area contributed by atoms with Crippen LogP contribution in [0.2, 0.25) is 0 Å². The first-order valence-electron chi connectivity index (χ1n) is 6.87. The fourth-order valence-electron chi connectivity index (χ4n) is 2.18. The van der Waals surface area contributed by atoms with E-state index in [1.54, 1.807) is 12.1 Å². The number of ether oxygens (including phenoxy) is 1. The summed E-state index contributed by atoms with van der Waals surface area (Å²) in [4.78, 5) is 0. The molecule has 0 heterocycles. The molecule has 0 aromatic heterocycles.